The minimum atomic E-state index is -0.876. The molecule has 1 saturated heterocycles. The van der Waals surface area contributed by atoms with E-state index in [4.69, 9.17) is 9.47 Å². The molecular formula is C22H24N4O5. The number of carbonyl (C=O) groups excluding carboxylic acids is 3. The van der Waals surface area contributed by atoms with Gasteiger partial charge in [0.05, 0.1) is 19.4 Å². The molecule has 0 aliphatic carbocycles. The van der Waals surface area contributed by atoms with Gasteiger partial charge in [0, 0.05) is 18.8 Å². The average molecular weight is 424 g/mol. The Hall–Kier alpha value is -3.72. The normalized spacial score (nSPS) is 13.6. The zero-order valence-corrected chi connectivity index (χ0v) is 17.2. The first-order valence-corrected chi connectivity index (χ1v) is 9.81. The van der Waals surface area contributed by atoms with Crippen LogP contribution in [-0.2, 0) is 19.1 Å². The van der Waals surface area contributed by atoms with Crippen LogP contribution < -0.4 is 15.5 Å². The summed E-state index contributed by atoms with van der Waals surface area (Å²) in [5.41, 5.74) is 4.37. The van der Waals surface area contributed by atoms with E-state index in [2.05, 4.69) is 15.8 Å². The number of morpholine rings is 1. The number of nitrogens with zero attached hydrogens (tertiary/aromatic N) is 2. The van der Waals surface area contributed by atoms with Crippen LogP contribution in [0.4, 0.5) is 5.69 Å². The second kappa shape index (κ2) is 10.9. The molecule has 0 bridgehead atoms. The summed E-state index contributed by atoms with van der Waals surface area (Å²) in [6.45, 7) is 4.09. The molecule has 2 aromatic carbocycles. The van der Waals surface area contributed by atoms with Crippen LogP contribution in [0.3, 0.4) is 0 Å². The van der Waals surface area contributed by atoms with Gasteiger partial charge in [-0.1, -0.05) is 12.1 Å². The maximum Gasteiger partial charge on any atom is 0.329 e. The van der Waals surface area contributed by atoms with Crippen LogP contribution in [0.1, 0.15) is 11.1 Å². The van der Waals surface area contributed by atoms with Gasteiger partial charge in [0.15, 0.2) is 6.61 Å². The van der Waals surface area contributed by atoms with Crippen molar-refractivity contribution < 1.29 is 23.9 Å². The summed E-state index contributed by atoms with van der Waals surface area (Å²) >= 11 is 0. The van der Waals surface area contributed by atoms with Gasteiger partial charge in [0.2, 0.25) is 0 Å². The topological polar surface area (TPSA) is 109 Å². The Balaban J connectivity index is 1.42. The summed E-state index contributed by atoms with van der Waals surface area (Å²) in [5.74, 6) is -1.23. The number of anilines is 1. The lowest BCUT2D eigenvalue weighted by atomic mass is 10.2. The van der Waals surface area contributed by atoms with Crippen molar-refractivity contribution in [1.82, 2.24) is 10.3 Å². The van der Waals surface area contributed by atoms with E-state index in [0.29, 0.717) is 43.3 Å². The van der Waals surface area contributed by atoms with Crippen molar-refractivity contribution in [3.8, 4) is 5.75 Å². The second-order valence-electron chi connectivity index (χ2n) is 6.87. The van der Waals surface area contributed by atoms with Crippen LogP contribution in [0.2, 0.25) is 0 Å². The predicted octanol–water partition coefficient (Wildman–Crippen LogP) is 1.32. The first kappa shape index (κ1) is 22.0. The van der Waals surface area contributed by atoms with Gasteiger partial charge in [-0.2, -0.15) is 5.10 Å². The maximum absolute atomic E-state index is 12.1. The van der Waals surface area contributed by atoms with Crippen molar-refractivity contribution in [2.75, 3.05) is 38.2 Å². The fraction of sp³-hybridized carbons (Fsp3) is 0.273. The number of hydrogen-bond acceptors (Lipinski definition) is 6. The second-order valence-corrected chi connectivity index (χ2v) is 6.87. The van der Waals surface area contributed by atoms with Gasteiger partial charge in [0.25, 0.3) is 5.91 Å². The van der Waals surface area contributed by atoms with Crippen LogP contribution in [0, 0.1) is 6.92 Å². The van der Waals surface area contributed by atoms with Crippen LogP contribution >= 0.6 is 0 Å². The smallest absolute Gasteiger partial charge is 0.329 e. The molecule has 1 aliphatic heterocycles. The molecule has 0 unspecified atom stereocenters. The summed E-state index contributed by atoms with van der Waals surface area (Å²) in [4.78, 5) is 37.5. The first-order valence-electron chi connectivity index (χ1n) is 9.81. The van der Waals surface area contributed by atoms with Crippen molar-refractivity contribution in [1.29, 1.82) is 0 Å². The molecule has 3 rings (SSSR count). The molecule has 3 amide bonds. The highest BCUT2D eigenvalue weighted by Gasteiger charge is 2.17. The third-order valence-corrected chi connectivity index (χ3v) is 4.47. The van der Waals surface area contributed by atoms with Crippen molar-refractivity contribution in [2.45, 2.75) is 6.92 Å². The minimum absolute atomic E-state index is 0.0421. The fourth-order valence-electron chi connectivity index (χ4n) is 2.83. The van der Waals surface area contributed by atoms with Crippen molar-refractivity contribution in [3.05, 3.63) is 59.7 Å². The number of hydrazone groups is 1. The number of nitrogens with one attached hydrogen (secondary N) is 2. The minimum Gasteiger partial charge on any atom is -0.484 e. The first-order chi connectivity index (χ1) is 15.0. The standard InChI is InChI=1S/C22H24N4O5/c1-16-3-2-4-18(13-16)24-21(28)22(29)25-23-14-17-5-7-19(8-6-17)31-15-20(27)26-9-11-30-12-10-26/h2-8,13-14H,9-12,15H2,1H3,(H,24,28)(H,25,29)/b23-14-. The van der Waals surface area contributed by atoms with Crippen molar-refractivity contribution >= 4 is 29.6 Å². The summed E-state index contributed by atoms with van der Waals surface area (Å²) < 4.78 is 10.7. The summed E-state index contributed by atoms with van der Waals surface area (Å²) in [6, 6.07) is 14.0. The van der Waals surface area contributed by atoms with E-state index in [0.717, 1.165) is 5.56 Å². The van der Waals surface area contributed by atoms with Crippen LogP contribution in [0.15, 0.2) is 53.6 Å². The number of amides is 3. The Morgan fingerprint density at radius 1 is 1.10 bits per heavy atom. The molecule has 162 valence electrons. The summed E-state index contributed by atoms with van der Waals surface area (Å²) in [5, 5.41) is 6.29. The molecule has 0 radical (unpaired) electrons. The molecule has 0 atom stereocenters. The van der Waals surface area contributed by atoms with Crippen LogP contribution in [-0.4, -0.2) is 61.7 Å². The Bertz CT molecular complexity index is 953. The Labute approximate surface area is 180 Å². The van der Waals surface area contributed by atoms with E-state index >= 15 is 0 Å². The van der Waals surface area contributed by atoms with E-state index in [1.54, 1.807) is 47.4 Å². The van der Waals surface area contributed by atoms with Gasteiger partial charge < -0.3 is 19.7 Å². The van der Waals surface area contributed by atoms with Gasteiger partial charge in [-0.25, -0.2) is 5.43 Å². The molecule has 2 N–H and O–H groups in total. The highest BCUT2D eigenvalue weighted by atomic mass is 16.5. The van der Waals surface area contributed by atoms with Gasteiger partial charge in [-0.3, -0.25) is 14.4 Å². The van der Waals surface area contributed by atoms with E-state index in [1.807, 2.05) is 13.0 Å². The maximum atomic E-state index is 12.1. The lowest BCUT2D eigenvalue weighted by Gasteiger charge is -2.26. The Morgan fingerprint density at radius 3 is 2.55 bits per heavy atom. The fourth-order valence-corrected chi connectivity index (χ4v) is 2.83. The molecule has 0 spiro atoms. The summed E-state index contributed by atoms with van der Waals surface area (Å²) in [6.07, 6.45) is 1.40. The molecule has 1 fully saturated rings. The highest BCUT2D eigenvalue weighted by molar-refractivity contribution is 6.39. The molecule has 9 heteroatoms. The Morgan fingerprint density at radius 2 is 1.84 bits per heavy atom. The van der Waals surface area contributed by atoms with Gasteiger partial charge >= 0.3 is 11.8 Å². The Kier molecular flexibility index (Phi) is 7.72. The molecule has 0 aromatic heterocycles. The number of carbonyl (C=O) groups is 3. The predicted molar refractivity (Wildman–Crippen MR) is 115 cm³/mol. The van der Waals surface area contributed by atoms with E-state index < -0.39 is 11.8 Å². The number of aryl methyl sites for hydroxylation is 1. The molecule has 1 heterocycles. The van der Waals surface area contributed by atoms with E-state index in [9.17, 15) is 14.4 Å². The van der Waals surface area contributed by atoms with Gasteiger partial charge in [0.1, 0.15) is 5.75 Å². The van der Waals surface area contributed by atoms with Crippen LogP contribution in [0.5, 0.6) is 5.75 Å². The summed E-state index contributed by atoms with van der Waals surface area (Å²) in [7, 11) is 0. The number of rotatable bonds is 6. The zero-order chi connectivity index (χ0) is 22.1. The number of hydrogen-bond donors (Lipinski definition) is 2. The van der Waals surface area contributed by atoms with E-state index in [-0.39, 0.29) is 12.5 Å². The quantitative estimate of drug-likeness (QED) is 0.413. The van der Waals surface area contributed by atoms with Crippen LogP contribution in [0.25, 0.3) is 0 Å². The van der Waals surface area contributed by atoms with Gasteiger partial charge in [-0.15, -0.1) is 0 Å². The molecule has 2 aromatic rings. The average Bonchev–Trinajstić information content (AvgIpc) is 2.79. The molecule has 1 aliphatic rings. The lowest BCUT2D eigenvalue weighted by Crippen LogP contribution is -2.42. The lowest BCUT2D eigenvalue weighted by molar-refractivity contribution is -0.137. The third-order valence-electron chi connectivity index (χ3n) is 4.47. The molecule has 0 saturated carbocycles. The third kappa shape index (κ3) is 6.93. The number of ether oxygens (including phenoxy) is 2. The highest BCUT2D eigenvalue weighted by Crippen LogP contribution is 2.12. The molecule has 31 heavy (non-hydrogen) atoms. The molecule has 9 nitrogen and oxygen atoms in total. The molecular weight excluding hydrogens is 400 g/mol. The van der Waals surface area contributed by atoms with E-state index in [1.165, 1.54) is 6.21 Å². The number of benzene rings is 2. The zero-order valence-electron chi connectivity index (χ0n) is 17.2. The SMILES string of the molecule is Cc1cccc(NC(=O)C(=O)N/N=C\c2ccc(OCC(=O)N3CCOCC3)cc2)c1. The van der Waals surface area contributed by atoms with Crippen molar-refractivity contribution in [3.63, 3.8) is 0 Å². The van der Waals surface area contributed by atoms with Gasteiger partial charge in [-0.05, 0) is 54.4 Å². The monoisotopic (exact) mass is 424 g/mol. The van der Waals surface area contributed by atoms with Crippen molar-refractivity contribution in [2.24, 2.45) is 5.10 Å². The largest absolute Gasteiger partial charge is 0.484 e.